The molecule has 1 unspecified atom stereocenters. The largest absolute Gasteiger partial charge is 0.493 e. The Morgan fingerprint density at radius 2 is 1.75 bits per heavy atom. The first kappa shape index (κ1) is 23.3. The third-order valence-corrected chi connectivity index (χ3v) is 4.90. The van der Waals surface area contributed by atoms with Gasteiger partial charge in [0.1, 0.15) is 23.9 Å². The van der Waals surface area contributed by atoms with Crippen LogP contribution in [-0.2, 0) is 11.4 Å². The van der Waals surface area contributed by atoms with E-state index in [2.05, 4.69) is 26.5 Å². The fourth-order valence-corrected chi connectivity index (χ4v) is 3.16. The summed E-state index contributed by atoms with van der Waals surface area (Å²) in [5.41, 5.74) is 4.34. The molecule has 3 aromatic carbocycles. The van der Waals surface area contributed by atoms with Gasteiger partial charge in [0.15, 0.2) is 6.10 Å². The zero-order valence-corrected chi connectivity index (χ0v) is 19.5. The molecule has 1 amide bonds. The molecule has 7 heteroatoms. The fraction of sp³-hybridized carbons (Fsp3) is 0.200. The highest BCUT2D eigenvalue weighted by atomic mass is 79.9. The van der Waals surface area contributed by atoms with Crippen molar-refractivity contribution in [3.8, 4) is 17.2 Å². The summed E-state index contributed by atoms with van der Waals surface area (Å²) >= 11 is 3.42. The highest BCUT2D eigenvalue weighted by Gasteiger charge is 2.14. The number of hydrazone groups is 1. The Morgan fingerprint density at radius 3 is 2.47 bits per heavy atom. The zero-order chi connectivity index (χ0) is 22.8. The van der Waals surface area contributed by atoms with Crippen molar-refractivity contribution >= 4 is 28.1 Å². The second kappa shape index (κ2) is 11.9. The third kappa shape index (κ3) is 7.13. The van der Waals surface area contributed by atoms with E-state index in [0.717, 1.165) is 21.3 Å². The lowest BCUT2D eigenvalue weighted by atomic mass is 10.2. The lowest BCUT2D eigenvalue weighted by molar-refractivity contribution is -0.127. The minimum absolute atomic E-state index is 0.362. The van der Waals surface area contributed by atoms with Crippen LogP contribution in [0.1, 0.15) is 25.0 Å². The molecule has 0 heterocycles. The minimum atomic E-state index is -0.725. The van der Waals surface area contributed by atoms with Gasteiger partial charge in [0.25, 0.3) is 5.91 Å². The van der Waals surface area contributed by atoms with E-state index in [1.54, 1.807) is 25.3 Å². The summed E-state index contributed by atoms with van der Waals surface area (Å²) in [5, 5.41) is 4.03. The van der Waals surface area contributed by atoms with Crippen LogP contribution in [0.25, 0.3) is 0 Å². The van der Waals surface area contributed by atoms with Crippen LogP contribution >= 0.6 is 15.9 Å². The third-order valence-electron chi connectivity index (χ3n) is 4.40. The highest BCUT2D eigenvalue weighted by molar-refractivity contribution is 9.10. The first-order valence-electron chi connectivity index (χ1n) is 10.2. The Morgan fingerprint density at radius 1 is 1.03 bits per heavy atom. The number of rotatable bonds is 10. The summed E-state index contributed by atoms with van der Waals surface area (Å²) in [7, 11) is 0. The van der Waals surface area contributed by atoms with Gasteiger partial charge in [-0.15, -0.1) is 0 Å². The van der Waals surface area contributed by atoms with Gasteiger partial charge in [0.2, 0.25) is 0 Å². The molecular weight excluding hydrogens is 472 g/mol. The summed E-state index contributed by atoms with van der Waals surface area (Å²) in [4.78, 5) is 12.3. The molecule has 6 nitrogen and oxygen atoms in total. The number of carbonyl (C=O) groups is 1. The Kier molecular flexibility index (Phi) is 8.69. The van der Waals surface area contributed by atoms with Gasteiger partial charge in [-0.1, -0.05) is 46.3 Å². The quantitative estimate of drug-likeness (QED) is 0.303. The van der Waals surface area contributed by atoms with Crippen LogP contribution < -0.4 is 19.6 Å². The van der Waals surface area contributed by atoms with Crippen molar-refractivity contribution in [3.63, 3.8) is 0 Å². The number of carbonyl (C=O) groups excluding carboxylic acids is 1. The van der Waals surface area contributed by atoms with Gasteiger partial charge in [-0.05, 0) is 61.9 Å². The number of hydrogen-bond donors (Lipinski definition) is 1. The molecule has 0 aliphatic carbocycles. The zero-order valence-electron chi connectivity index (χ0n) is 18.0. The molecular formula is C25H25BrN2O4. The van der Waals surface area contributed by atoms with Crippen LogP contribution in [0.3, 0.4) is 0 Å². The topological polar surface area (TPSA) is 69.2 Å². The van der Waals surface area contributed by atoms with E-state index in [1.165, 1.54) is 0 Å². The predicted octanol–water partition coefficient (Wildman–Crippen LogP) is 5.34. The molecule has 1 N–H and O–H groups in total. The van der Waals surface area contributed by atoms with E-state index in [9.17, 15) is 4.79 Å². The standard InChI is InChI=1S/C25H25BrN2O4/c1-3-30-24-14-9-21(26)15-20(24)16-27-28-25(29)18(2)32-23-12-10-22(11-13-23)31-17-19-7-5-4-6-8-19/h4-16,18H,3,17H2,1-2H3,(H,28,29). The average Bonchev–Trinajstić information content (AvgIpc) is 2.81. The highest BCUT2D eigenvalue weighted by Crippen LogP contribution is 2.22. The molecule has 3 aromatic rings. The molecule has 1 atom stereocenters. The van der Waals surface area contributed by atoms with Gasteiger partial charge in [-0.3, -0.25) is 4.79 Å². The van der Waals surface area contributed by atoms with E-state index in [1.807, 2.05) is 67.6 Å². The van der Waals surface area contributed by atoms with Crippen LogP contribution in [0.15, 0.2) is 82.4 Å². The first-order valence-corrected chi connectivity index (χ1v) is 11.0. The molecule has 32 heavy (non-hydrogen) atoms. The maximum atomic E-state index is 12.3. The molecule has 0 spiro atoms. The van der Waals surface area contributed by atoms with Crippen molar-refractivity contribution in [3.05, 3.63) is 88.4 Å². The van der Waals surface area contributed by atoms with E-state index in [-0.39, 0.29) is 5.91 Å². The van der Waals surface area contributed by atoms with Gasteiger partial charge in [-0.25, -0.2) is 5.43 Å². The predicted molar refractivity (Wildman–Crippen MR) is 128 cm³/mol. The maximum Gasteiger partial charge on any atom is 0.280 e. The fourth-order valence-electron chi connectivity index (χ4n) is 2.78. The molecule has 0 bridgehead atoms. The normalized spacial score (nSPS) is 11.7. The molecule has 0 radical (unpaired) electrons. The number of nitrogens with one attached hydrogen (secondary N) is 1. The second-order valence-corrected chi connectivity index (χ2v) is 7.77. The van der Waals surface area contributed by atoms with Gasteiger partial charge < -0.3 is 14.2 Å². The smallest absolute Gasteiger partial charge is 0.280 e. The monoisotopic (exact) mass is 496 g/mol. The SMILES string of the molecule is CCOc1ccc(Br)cc1C=NNC(=O)C(C)Oc1ccc(OCc2ccccc2)cc1. The Balaban J connectivity index is 1.50. The Hall–Kier alpha value is -3.32. The van der Waals surface area contributed by atoms with Crippen LogP contribution in [0.5, 0.6) is 17.2 Å². The number of amides is 1. The van der Waals surface area contributed by atoms with Crippen LogP contribution in [-0.4, -0.2) is 24.8 Å². The van der Waals surface area contributed by atoms with E-state index >= 15 is 0 Å². The van der Waals surface area contributed by atoms with Gasteiger partial charge in [0.05, 0.1) is 12.8 Å². The minimum Gasteiger partial charge on any atom is -0.493 e. The molecule has 3 rings (SSSR count). The Bertz CT molecular complexity index is 1040. The van der Waals surface area contributed by atoms with E-state index in [4.69, 9.17) is 14.2 Å². The number of halogens is 1. The van der Waals surface area contributed by atoms with Crippen molar-refractivity contribution in [1.82, 2.24) is 5.43 Å². The molecule has 0 saturated carbocycles. The van der Waals surface area contributed by atoms with Crippen LogP contribution in [0, 0.1) is 0 Å². The summed E-state index contributed by atoms with van der Waals surface area (Å²) in [5.74, 6) is 1.61. The Labute approximate surface area is 196 Å². The lowest BCUT2D eigenvalue weighted by Crippen LogP contribution is -2.33. The summed E-state index contributed by atoms with van der Waals surface area (Å²) < 4.78 is 17.9. The van der Waals surface area contributed by atoms with Crippen molar-refractivity contribution < 1.29 is 19.0 Å². The molecule has 166 valence electrons. The van der Waals surface area contributed by atoms with E-state index < -0.39 is 6.10 Å². The summed E-state index contributed by atoms with van der Waals surface area (Å²) in [6.07, 6.45) is 0.816. The first-order chi connectivity index (χ1) is 15.5. The van der Waals surface area contributed by atoms with Crippen molar-refractivity contribution in [2.45, 2.75) is 26.6 Å². The lowest BCUT2D eigenvalue weighted by Gasteiger charge is -2.13. The number of nitrogens with zero attached hydrogens (tertiary/aromatic N) is 1. The summed E-state index contributed by atoms with van der Waals surface area (Å²) in [6.45, 7) is 4.59. The summed E-state index contributed by atoms with van der Waals surface area (Å²) in [6, 6.07) is 22.7. The van der Waals surface area contributed by atoms with Gasteiger partial charge >= 0.3 is 0 Å². The number of ether oxygens (including phenoxy) is 3. The van der Waals surface area contributed by atoms with Crippen molar-refractivity contribution in [2.24, 2.45) is 5.10 Å². The average molecular weight is 497 g/mol. The molecule has 0 aliphatic rings. The van der Waals surface area contributed by atoms with Crippen molar-refractivity contribution in [2.75, 3.05) is 6.61 Å². The van der Waals surface area contributed by atoms with Crippen LogP contribution in [0.4, 0.5) is 0 Å². The second-order valence-electron chi connectivity index (χ2n) is 6.86. The molecule has 0 aromatic heterocycles. The number of benzene rings is 3. The van der Waals surface area contributed by atoms with Gasteiger partial charge in [0, 0.05) is 10.0 Å². The molecule has 0 aliphatic heterocycles. The maximum absolute atomic E-state index is 12.3. The number of hydrogen-bond acceptors (Lipinski definition) is 5. The molecule has 0 fully saturated rings. The van der Waals surface area contributed by atoms with Crippen LogP contribution in [0.2, 0.25) is 0 Å². The van der Waals surface area contributed by atoms with Gasteiger partial charge in [-0.2, -0.15) is 5.10 Å². The van der Waals surface area contributed by atoms with E-state index in [0.29, 0.717) is 24.7 Å². The molecule has 0 saturated heterocycles. The van der Waals surface area contributed by atoms with Crippen molar-refractivity contribution in [1.29, 1.82) is 0 Å².